The maximum atomic E-state index is 11.1. The molecular weight excluding hydrogens is 250 g/mol. The van der Waals surface area contributed by atoms with Crippen LogP contribution < -0.4 is 10.6 Å². The Hall–Kier alpha value is -1.96. The highest BCUT2D eigenvalue weighted by molar-refractivity contribution is 5.59. The number of anilines is 2. The van der Waals surface area contributed by atoms with Crippen LogP contribution in [-0.2, 0) is 0 Å². The molecular formula is C11H17N5O3. The van der Waals surface area contributed by atoms with E-state index in [9.17, 15) is 15.2 Å². The fraction of sp³-hybridized carbons (Fsp3) is 0.636. The van der Waals surface area contributed by atoms with Gasteiger partial charge in [-0.05, 0) is 12.8 Å². The molecule has 8 heteroatoms. The molecule has 19 heavy (non-hydrogen) atoms. The van der Waals surface area contributed by atoms with Crippen molar-refractivity contribution in [1.29, 1.82) is 0 Å². The molecule has 0 aromatic carbocycles. The number of nitrogen functional groups attached to an aromatic ring is 1. The minimum Gasteiger partial charge on any atom is -0.395 e. The van der Waals surface area contributed by atoms with Crippen LogP contribution in [0.3, 0.4) is 0 Å². The lowest BCUT2D eigenvalue weighted by Crippen LogP contribution is -2.37. The van der Waals surface area contributed by atoms with Crippen LogP contribution in [0.5, 0.6) is 0 Å². The van der Waals surface area contributed by atoms with Crippen LogP contribution in [0.4, 0.5) is 17.5 Å². The van der Waals surface area contributed by atoms with E-state index in [0.29, 0.717) is 6.54 Å². The minimum atomic E-state index is -0.520. The van der Waals surface area contributed by atoms with E-state index < -0.39 is 4.92 Å². The quantitative estimate of drug-likeness (QED) is 0.595. The monoisotopic (exact) mass is 267 g/mol. The highest BCUT2D eigenvalue weighted by atomic mass is 16.6. The molecule has 2 rings (SSSR count). The molecule has 0 radical (unpaired) electrons. The van der Waals surface area contributed by atoms with Gasteiger partial charge in [-0.2, -0.15) is 4.98 Å². The second-order valence-corrected chi connectivity index (χ2v) is 4.55. The van der Waals surface area contributed by atoms with Crippen molar-refractivity contribution >= 4 is 17.5 Å². The van der Waals surface area contributed by atoms with Gasteiger partial charge in [0.25, 0.3) is 0 Å². The Morgan fingerprint density at radius 2 is 2.21 bits per heavy atom. The summed E-state index contributed by atoms with van der Waals surface area (Å²) in [6.07, 6.45) is 5.18. The second-order valence-electron chi connectivity index (χ2n) is 4.55. The number of aliphatic hydroxyl groups excluding tert-OH is 1. The number of nitrogens with two attached hydrogens (primary N) is 1. The number of rotatable bonds is 5. The molecule has 1 aromatic rings. The molecule has 1 aromatic heterocycles. The third kappa shape index (κ3) is 2.90. The second kappa shape index (κ2) is 5.79. The molecule has 0 saturated heterocycles. The van der Waals surface area contributed by atoms with Crippen molar-refractivity contribution < 1.29 is 10.0 Å². The average Bonchev–Trinajstić information content (AvgIpc) is 2.89. The summed E-state index contributed by atoms with van der Waals surface area (Å²) in [5, 5.41) is 20.2. The summed E-state index contributed by atoms with van der Waals surface area (Å²) < 4.78 is 0. The number of aromatic nitrogens is 2. The van der Waals surface area contributed by atoms with Gasteiger partial charge in [-0.1, -0.05) is 12.8 Å². The standard InChI is InChI=1S/C11H17N5O3/c12-11-13-7-9(16(18)19)10(14-11)15(5-6-17)8-3-1-2-4-8/h7-8,17H,1-6H2,(H2,12,13,14). The third-order valence-electron chi connectivity index (χ3n) is 3.34. The van der Waals surface area contributed by atoms with Crippen molar-refractivity contribution in [3.63, 3.8) is 0 Å². The van der Waals surface area contributed by atoms with Crippen LogP contribution in [0, 0.1) is 10.1 Å². The van der Waals surface area contributed by atoms with Gasteiger partial charge in [-0.25, -0.2) is 4.98 Å². The number of nitro groups is 1. The Morgan fingerprint density at radius 1 is 1.53 bits per heavy atom. The van der Waals surface area contributed by atoms with E-state index in [0.717, 1.165) is 31.9 Å². The van der Waals surface area contributed by atoms with Crippen molar-refractivity contribution in [2.45, 2.75) is 31.7 Å². The smallest absolute Gasteiger partial charge is 0.329 e. The van der Waals surface area contributed by atoms with Gasteiger partial charge >= 0.3 is 5.69 Å². The normalized spacial score (nSPS) is 15.6. The van der Waals surface area contributed by atoms with E-state index in [1.165, 1.54) is 0 Å². The fourth-order valence-corrected chi connectivity index (χ4v) is 2.50. The van der Waals surface area contributed by atoms with Crippen molar-refractivity contribution in [2.75, 3.05) is 23.8 Å². The largest absolute Gasteiger partial charge is 0.395 e. The highest BCUT2D eigenvalue weighted by Crippen LogP contribution is 2.32. The fourth-order valence-electron chi connectivity index (χ4n) is 2.50. The zero-order chi connectivity index (χ0) is 13.8. The first-order valence-corrected chi connectivity index (χ1v) is 6.28. The molecule has 0 bridgehead atoms. The van der Waals surface area contributed by atoms with Crippen LogP contribution in [0.25, 0.3) is 0 Å². The molecule has 0 amide bonds. The molecule has 0 spiro atoms. The van der Waals surface area contributed by atoms with Gasteiger partial charge in [0.1, 0.15) is 6.20 Å². The van der Waals surface area contributed by atoms with Crippen LogP contribution in [0.1, 0.15) is 25.7 Å². The summed E-state index contributed by atoms with van der Waals surface area (Å²) in [5.41, 5.74) is 5.35. The minimum absolute atomic E-state index is 0.00142. The molecule has 1 heterocycles. The topological polar surface area (TPSA) is 118 Å². The van der Waals surface area contributed by atoms with E-state index in [4.69, 9.17) is 5.73 Å². The van der Waals surface area contributed by atoms with E-state index in [1.54, 1.807) is 4.90 Å². The molecule has 1 fully saturated rings. The Labute approximate surface area is 110 Å². The number of hydrogen-bond acceptors (Lipinski definition) is 7. The molecule has 104 valence electrons. The van der Waals surface area contributed by atoms with Crippen LogP contribution in [0.15, 0.2) is 6.20 Å². The van der Waals surface area contributed by atoms with Crippen molar-refractivity contribution in [3.8, 4) is 0 Å². The van der Waals surface area contributed by atoms with Crippen molar-refractivity contribution in [2.24, 2.45) is 0 Å². The van der Waals surface area contributed by atoms with Gasteiger partial charge in [-0.15, -0.1) is 0 Å². The highest BCUT2D eigenvalue weighted by Gasteiger charge is 2.29. The van der Waals surface area contributed by atoms with Crippen LogP contribution >= 0.6 is 0 Å². The lowest BCUT2D eigenvalue weighted by Gasteiger charge is -2.28. The Morgan fingerprint density at radius 3 is 2.79 bits per heavy atom. The lowest BCUT2D eigenvalue weighted by molar-refractivity contribution is -0.384. The van der Waals surface area contributed by atoms with E-state index in [1.807, 2.05) is 0 Å². The summed E-state index contributed by atoms with van der Waals surface area (Å²) >= 11 is 0. The maximum Gasteiger partial charge on any atom is 0.329 e. The first kappa shape index (κ1) is 13.5. The van der Waals surface area contributed by atoms with Gasteiger partial charge in [0, 0.05) is 12.6 Å². The summed E-state index contributed by atoms with van der Waals surface area (Å²) in [6.45, 7) is 0.222. The van der Waals surface area contributed by atoms with E-state index >= 15 is 0 Å². The Bertz CT molecular complexity index is 462. The van der Waals surface area contributed by atoms with E-state index in [2.05, 4.69) is 9.97 Å². The molecule has 0 aliphatic heterocycles. The summed E-state index contributed by atoms with van der Waals surface area (Å²) in [4.78, 5) is 20.0. The number of nitrogens with zero attached hydrogens (tertiary/aromatic N) is 4. The average molecular weight is 267 g/mol. The summed E-state index contributed by atoms with van der Waals surface area (Å²) in [6, 6.07) is 0.167. The molecule has 8 nitrogen and oxygen atoms in total. The van der Waals surface area contributed by atoms with Gasteiger partial charge < -0.3 is 15.7 Å². The predicted octanol–water partition coefficient (Wildman–Crippen LogP) is 0.708. The predicted molar refractivity (Wildman–Crippen MR) is 69.8 cm³/mol. The van der Waals surface area contributed by atoms with E-state index in [-0.39, 0.29) is 30.1 Å². The zero-order valence-electron chi connectivity index (χ0n) is 10.5. The first-order chi connectivity index (χ1) is 9.13. The zero-order valence-corrected chi connectivity index (χ0v) is 10.5. The molecule has 3 N–H and O–H groups in total. The van der Waals surface area contributed by atoms with Crippen LogP contribution in [0.2, 0.25) is 0 Å². The number of aliphatic hydroxyl groups is 1. The maximum absolute atomic E-state index is 11.1. The Kier molecular flexibility index (Phi) is 4.10. The molecule has 1 aliphatic carbocycles. The first-order valence-electron chi connectivity index (χ1n) is 6.28. The summed E-state index contributed by atoms with van der Waals surface area (Å²) in [5.74, 6) is 0.208. The van der Waals surface area contributed by atoms with Crippen LogP contribution in [-0.4, -0.2) is 39.2 Å². The molecule has 0 atom stereocenters. The van der Waals surface area contributed by atoms with Gasteiger partial charge in [0.05, 0.1) is 11.5 Å². The van der Waals surface area contributed by atoms with Gasteiger partial charge in [-0.3, -0.25) is 10.1 Å². The molecule has 1 saturated carbocycles. The van der Waals surface area contributed by atoms with Gasteiger partial charge in [0.2, 0.25) is 11.8 Å². The molecule has 0 unspecified atom stereocenters. The SMILES string of the molecule is Nc1ncc([N+](=O)[O-])c(N(CCO)C2CCCC2)n1. The van der Waals surface area contributed by atoms with Gasteiger partial charge in [0.15, 0.2) is 0 Å². The third-order valence-corrected chi connectivity index (χ3v) is 3.34. The number of hydrogen-bond donors (Lipinski definition) is 2. The summed E-state index contributed by atoms with van der Waals surface area (Å²) in [7, 11) is 0. The van der Waals surface area contributed by atoms with Crippen molar-refractivity contribution in [1.82, 2.24) is 9.97 Å². The lowest BCUT2D eigenvalue weighted by atomic mass is 10.2. The Balaban J connectivity index is 2.39. The molecule has 1 aliphatic rings. The van der Waals surface area contributed by atoms with Crippen molar-refractivity contribution in [3.05, 3.63) is 16.3 Å².